The van der Waals surface area contributed by atoms with Gasteiger partial charge in [0.25, 0.3) is 0 Å². The van der Waals surface area contributed by atoms with Gasteiger partial charge in [-0.25, -0.2) is 9.13 Å². The van der Waals surface area contributed by atoms with Crippen LogP contribution in [0.1, 0.15) is 363 Å². The van der Waals surface area contributed by atoms with Crippen LogP contribution in [0.25, 0.3) is 0 Å². The van der Waals surface area contributed by atoms with Crippen LogP contribution in [0.15, 0.2) is 0 Å². The highest BCUT2D eigenvalue weighted by Crippen LogP contribution is 2.45. The topological polar surface area (TPSA) is 237 Å². The lowest BCUT2D eigenvalue weighted by molar-refractivity contribution is -0.161. The highest BCUT2D eigenvalue weighted by Gasteiger charge is 2.30. The fourth-order valence-corrected chi connectivity index (χ4v) is 12.3. The van der Waals surface area contributed by atoms with Crippen molar-refractivity contribution in [1.29, 1.82) is 0 Å². The van der Waals surface area contributed by atoms with Crippen molar-refractivity contribution >= 4 is 39.5 Å². The summed E-state index contributed by atoms with van der Waals surface area (Å²) in [7, 11) is -9.90. The molecule has 0 aromatic heterocycles. The number of rotatable bonds is 70. The number of carbonyl (C=O) groups excluding carboxylic acids is 4. The predicted molar refractivity (Wildman–Crippen MR) is 363 cm³/mol. The molecule has 0 aliphatic rings. The first kappa shape index (κ1) is 88.1. The summed E-state index contributed by atoms with van der Waals surface area (Å²) in [5.41, 5.74) is 0. The number of phosphoric acid groups is 2. The van der Waals surface area contributed by atoms with E-state index in [1.807, 2.05) is 0 Å². The van der Waals surface area contributed by atoms with Crippen molar-refractivity contribution in [3.8, 4) is 0 Å². The Hall–Kier alpha value is -1.94. The minimum absolute atomic E-state index is 0.107. The SMILES string of the molecule is CCCCCCCCCCCCCC(=O)O[C@H](COC(=O)CCCCCCCCCCCC)COP(=O)(O)OC[C@H](O)COP(=O)(O)OC[C@@H](COC(=O)CCCCCCCCCCC(C)CC)OC(=O)CCCCCCCCCCCCCCCCC(C)C. The Labute approximate surface area is 549 Å². The van der Waals surface area contributed by atoms with Crippen LogP contribution in [0.4, 0.5) is 0 Å². The summed E-state index contributed by atoms with van der Waals surface area (Å²) in [5.74, 6) is -0.550. The molecule has 90 heavy (non-hydrogen) atoms. The highest BCUT2D eigenvalue weighted by molar-refractivity contribution is 7.47. The molecule has 3 unspecified atom stereocenters. The lowest BCUT2D eigenvalue weighted by atomic mass is 9.99. The average molecular weight is 1330 g/mol. The van der Waals surface area contributed by atoms with Gasteiger partial charge in [-0.2, -0.15) is 0 Å². The number of phosphoric ester groups is 2. The number of hydrogen-bond donors (Lipinski definition) is 3. The second-order valence-corrected chi connectivity index (χ2v) is 29.3. The van der Waals surface area contributed by atoms with E-state index < -0.39 is 97.5 Å². The molecule has 534 valence electrons. The van der Waals surface area contributed by atoms with Crippen LogP contribution >= 0.6 is 15.6 Å². The first-order valence-corrected chi connectivity index (χ1v) is 40.0. The molecule has 0 aromatic carbocycles. The summed E-state index contributed by atoms with van der Waals surface area (Å²) < 4.78 is 68.3. The first-order valence-electron chi connectivity index (χ1n) is 37.0. The molecule has 0 radical (unpaired) electrons. The van der Waals surface area contributed by atoms with E-state index in [1.165, 1.54) is 180 Å². The zero-order valence-corrected chi connectivity index (χ0v) is 60.2. The molecule has 17 nitrogen and oxygen atoms in total. The van der Waals surface area contributed by atoms with Crippen LogP contribution in [-0.4, -0.2) is 96.7 Å². The maximum absolute atomic E-state index is 13.0. The smallest absolute Gasteiger partial charge is 0.462 e. The molecule has 0 spiro atoms. The second-order valence-electron chi connectivity index (χ2n) is 26.3. The standard InChI is InChI=1S/C71H138O17P2/c1-7-10-12-14-16-18-24-29-37-43-49-55-70(75)87-66(59-81-68(73)53-47-41-35-28-19-17-15-13-11-8-2)61-85-89(77,78)83-57-65(72)58-84-90(79,80)86-62-67(60-82-69(74)54-48-42-36-32-31-34-40-46-52-64(6)9-3)88-71(76)56-50-44-38-30-26-23-21-20-22-25-27-33-39-45-51-63(4)5/h63-67,72H,7-62H2,1-6H3,(H,77,78)(H,79,80)/t64?,65-,66+,67+/m0/s1. The van der Waals surface area contributed by atoms with Gasteiger partial charge < -0.3 is 33.8 Å². The van der Waals surface area contributed by atoms with Gasteiger partial charge in [-0.3, -0.25) is 37.3 Å². The van der Waals surface area contributed by atoms with Gasteiger partial charge in [0.15, 0.2) is 12.2 Å². The van der Waals surface area contributed by atoms with E-state index in [4.69, 9.17) is 37.0 Å². The van der Waals surface area contributed by atoms with Gasteiger partial charge in [0.2, 0.25) is 0 Å². The molecule has 0 bridgehead atoms. The molecule has 0 aliphatic carbocycles. The van der Waals surface area contributed by atoms with Crippen molar-refractivity contribution in [2.45, 2.75) is 381 Å². The molecule has 0 aliphatic heterocycles. The van der Waals surface area contributed by atoms with E-state index >= 15 is 0 Å². The molecule has 0 amide bonds. The minimum atomic E-state index is -4.95. The predicted octanol–water partition coefficient (Wildman–Crippen LogP) is 20.4. The molecule has 3 N–H and O–H groups in total. The molecule has 0 saturated heterocycles. The number of unbranched alkanes of at least 4 members (excludes halogenated alkanes) is 39. The third-order valence-electron chi connectivity index (χ3n) is 16.8. The molecule has 0 rings (SSSR count). The number of esters is 4. The lowest BCUT2D eigenvalue weighted by Gasteiger charge is -2.21. The van der Waals surface area contributed by atoms with Gasteiger partial charge in [-0.05, 0) is 37.5 Å². The Bertz CT molecular complexity index is 1750. The zero-order chi connectivity index (χ0) is 66.5. The van der Waals surface area contributed by atoms with Crippen molar-refractivity contribution in [2.75, 3.05) is 39.6 Å². The fourth-order valence-electron chi connectivity index (χ4n) is 10.7. The van der Waals surface area contributed by atoms with E-state index in [-0.39, 0.29) is 25.7 Å². The molecular weight excluding hydrogens is 1190 g/mol. The largest absolute Gasteiger partial charge is 0.472 e. The first-order chi connectivity index (χ1) is 43.4. The molecule has 0 fully saturated rings. The molecule has 6 atom stereocenters. The number of hydrogen-bond acceptors (Lipinski definition) is 15. The summed E-state index contributed by atoms with van der Waals surface area (Å²) in [5, 5.41) is 10.6. The van der Waals surface area contributed by atoms with Gasteiger partial charge >= 0.3 is 39.5 Å². The van der Waals surface area contributed by atoms with Crippen LogP contribution in [0, 0.1) is 11.8 Å². The van der Waals surface area contributed by atoms with Crippen molar-refractivity contribution in [1.82, 2.24) is 0 Å². The van der Waals surface area contributed by atoms with Crippen LogP contribution in [0.5, 0.6) is 0 Å². The summed E-state index contributed by atoms with van der Waals surface area (Å²) >= 11 is 0. The van der Waals surface area contributed by atoms with Crippen molar-refractivity contribution in [3.05, 3.63) is 0 Å². The third kappa shape index (κ3) is 63.5. The van der Waals surface area contributed by atoms with Crippen LogP contribution in [0.3, 0.4) is 0 Å². The van der Waals surface area contributed by atoms with E-state index in [9.17, 15) is 43.2 Å². The third-order valence-corrected chi connectivity index (χ3v) is 18.7. The van der Waals surface area contributed by atoms with Crippen LogP contribution < -0.4 is 0 Å². The Balaban J connectivity index is 5.24. The minimum Gasteiger partial charge on any atom is -0.462 e. The van der Waals surface area contributed by atoms with Gasteiger partial charge in [-0.1, -0.05) is 311 Å². The summed E-state index contributed by atoms with van der Waals surface area (Å²) in [6.07, 6.45) is 48.4. The molecule has 0 aromatic rings. The molecular formula is C71H138O17P2. The monoisotopic (exact) mass is 1320 g/mol. The van der Waals surface area contributed by atoms with Crippen LogP contribution in [0.2, 0.25) is 0 Å². The van der Waals surface area contributed by atoms with Gasteiger partial charge in [0.05, 0.1) is 26.4 Å². The summed E-state index contributed by atoms with van der Waals surface area (Å²) in [4.78, 5) is 72.5. The lowest BCUT2D eigenvalue weighted by Crippen LogP contribution is -2.30. The second kappa shape index (κ2) is 63.1. The number of carbonyl (C=O) groups is 4. The maximum Gasteiger partial charge on any atom is 0.472 e. The quantitative estimate of drug-likeness (QED) is 0.0222. The number of aliphatic hydroxyl groups is 1. The normalized spacial score (nSPS) is 14.4. The molecule has 0 heterocycles. The van der Waals surface area contributed by atoms with Crippen molar-refractivity contribution in [2.24, 2.45) is 11.8 Å². The Morgan fingerprint density at radius 1 is 0.322 bits per heavy atom. The fraction of sp³-hybridized carbons (Fsp3) is 0.944. The average Bonchev–Trinajstić information content (AvgIpc) is 3.59. The zero-order valence-electron chi connectivity index (χ0n) is 58.4. The Morgan fingerprint density at radius 2 is 0.567 bits per heavy atom. The van der Waals surface area contributed by atoms with Gasteiger partial charge in [0, 0.05) is 25.7 Å². The molecule has 19 heteroatoms. The Kier molecular flexibility index (Phi) is 61.8. The van der Waals surface area contributed by atoms with Gasteiger partial charge in [-0.15, -0.1) is 0 Å². The van der Waals surface area contributed by atoms with E-state index in [1.54, 1.807) is 0 Å². The highest BCUT2D eigenvalue weighted by atomic mass is 31.2. The maximum atomic E-state index is 13.0. The summed E-state index contributed by atoms with van der Waals surface area (Å²) in [6, 6.07) is 0. The van der Waals surface area contributed by atoms with Gasteiger partial charge in [0.1, 0.15) is 19.3 Å². The van der Waals surface area contributed by atoms with E-state index in [0.717, 1.165) is 102 Å². The summed E-state index contributed by atoms with van der Waals surface area (Å²) in [6.45, 7) is 9.57. The Morgan fingerprint density at radius 3 is 0.844 bits per heavy atom. The van der Waals surface area contributed by atoms with Crippen molar-refractivity contribution in [3.63, 3.8) is 0 Å². The van der Waals surface area contributed by atoms with E-state index in [0.29, 0.717) is 25.7 Å². The number of aliphatic hydroxyl groups excluding tert-OH is 1. The van der Waals surface area contributed by atoms with Crippen LogP contribution in [-0.2, 0) is 65.4 Å². The van der Waals surface area contributed by atoms with E-state index in [2.05, 4.69) is 41.5 Å². The number of ether oxygens (including phenoxy) is 4. The molecule has 0 saturated carbocycles. The van der Waals surface area contributed by atoms with Crippen molar-refractivity contribution < 1.29 is 80.2 Å².